The highest BCUT2D eigenvalue weighted by Crippen LogP contribution is 2.18. The number of nitrogens with zero attached hydrogens (tertiary/aromatic N) is 2. The fourth-order valence-corrected chi connectivity index (χ4v) is 2.20. The first kappa shape index (κ1) is 11.0. The summed E-state index contributed by atoms with van der Waals surface area (Å²) in [6.45, 7) is 4.18. The van der Waals surface area contributed by atoms with Gasteiger partial charge in [-0.25, -0.2) is 0 Å². The molecule has 2 atom stereocenters. The van der Waals surface area contributed by atoms with Crippen molar-refractivity contribution in [2.75, 3.05) is 6.54 Å². The molecule has 0 radical (unpaired) electrons. The molecule has 1 aliphatic rings. The van der Waals surface area contributed by atoms with Crippen LogP contribution in [-0.4, -0.2) is 28.5 Å². The number of aromatic nitrogens is 1. The van der Waals surface area contributed by atoms with E-state index < -0.39 is 0 Å². The molecule has 2 unspecified atom stereocenters. The van der Waals surface area contributed by atoms with Gasteiger partial charge in [0.2, 0.25) is 0 Å². The summed E-state index contributed by atoms with van der Waals surface area (Å²) in [5.41, 5.74) is 7.09. The van der Waals surface area contributed by atoms with Crippen molar-refractivity contribution in [3.05, 3.63) is 28.5 Å². The van der Waals surface area contributed by atoms with Crippen LogP contribution in [0.15, 0.2) is 22.8 Å². The van der Waals surface area contributed by atoms with Gasteiger partial charge in [0.05, 0.1) is 5.69 Å². The van der Waals surface area contributed by atoms with E-state index in [0.717, 1.165) is 29.7 Å². The number of nitrogens with two attached hydrogens (primary N) is 1. The van der Waals surface area contributed by atoms with E-state index in [-0.39, 0.29) is 0 Å². The lowest BCUT2D eigenvalue weighted by Gasteiger charge is -2.22. The summed E-state index contributed by atoms with van der Waals surface area (Å²) in [6.07, 6.45) is 2.94. The molecule has 0 amide bonds. The van der Waals surface area contributed by atoms with Crippen LogP contribution in [0.25, 0.3) is 0 Å². The van der Waals surface area contributed by atoms with Gasteiger partial charge in [-0.2, -0.15) is 0 Å². The standard InChI is InChI=1S/C11H16BrN3/c1-8-11(13)4-5-15(8)7-10-3-2-9(12)6-14-10/h2-3,6,8,11H,4-5,7,13H2,1H3. The van der Waals surface area contributed by atoms with Crippen LogP contribution in [0.2, 0.25) is 0 Å². The largest absolute Gasteiger partial charge is 0.326 e. The molecule has 82 valence electrons. The average Bonchev–Trinajstić information content (AvgIpc) is 2.53. The van der Waals surface area contributed by atoms with E-state index in [9.17, 15) is 0 Å². The Balaban J connectivity index is 2.00. The molecule has 15 heavy (non-hydrogen) atoms. The van der Waals surface area contributed by atoms with Gasteiger partial charge in [-0.15, -0.1) is 0 Å². The second kappa shape index (κ2) is 4.60. The Hall–Kier alpha value is -0.450. The maximum Gasteiger partial charge on any atom is 0.0544 e. The zero-order chi connectivity index (χ0) is 10.8. The van der Waals surface area contributed by atoms with Crippen molar-refractivity contribution in [2.45, 2.75) is 32.0 Å². The fourth-order valence-electron chi connectivity index (χ4n) is 1.96. The van der Waals surface area contributed by atoms with Crippen LogP contribution in [0.1, 0.15) is 19.0 Å². The molecular weight excluding hydrogens is 254 g/mol. The highest BCUT2D eigenvalue weighted by Gasteiger charge is 2.27. The monoisotopic (exact) mass is 269 g/mol. The molecule has 3 nitrogen and oxygen atoms in total. The summed E-state index contributed by atoms with van der Waals surface area (Å²) in [5.74, 6) is 0. The molecule has 0 aromatic carbocycles. The van der Waals surface area contributed by atoms with Gasteiger partial charge < -0.3 is 5.73 Å². The minimum Gasteiger partial charge on any atom is -0.326 e. The first-order chi connectivity index (χ1) is 7.16. The zero-order valence-electron chi connectivity index (χ0n) is 8.86. The summed E-state index contributed by atoms with van der Waals surface area (Å²) in [4.78, 5) is 6.76. The predicted molar refractivity (Wildman–Crippen MR) is 64.4 cm³/mol. The van der Waals surface area contributed by atoms with Crippen molar-refractivity contribution >= 4 is 15.9 Å². The van der Waals surface area contributed by atoms with Crippen LogP contribution in [0.5, 0.6) is 0 Å². The van der Waals surface area contributed by atoms with E-state index in [4.69, 9.17) is 5.73 Å². The first-order valence-corrected chi connectivity index (χ1v) is 6.06. The average molecular weight is 270 g/mol. The summed E-state index contributed by atoms with van der Waals surface area (Å²) in [5, 5.41) is 0. The van der Waals surface area contributed by atoms with Crippen LogP contribution in [0, 0.1) is 0 Å². The maximum atomic E-state index is 5.98. The van der Waals surface area contributed by atoms with E-state index in [2.05, 4.69) is 38.8 Å². The molecule has 2 rings (SSSR count). The highest BCUT2D eigenvalue weighted by atomic mass is 79.9. The Morgan fingerprint density at radius 2 is 2.40 bits per heavy atom. The maximum absolute atomic E-state index is 5.98. The minimum absolute atomic E-state index is 0.320. The van der Waals surface area contributed by atoms with E-state index in [1.54, 1.807) is 0 Å². The third-order valence-corrected chi connectivity index (χ3v) is 3.57. The van der Waals surface area contributed by atoms with E-state index in [1.165, 1.54) is 0 Å². The third-order valence-electron chi connectivity index (χ3n) is 3.10. The number of hydrogen-bond acceptors (Lipinski definition) is 3. The van der Waals surface area contributed by atoms with Gasteiger partial charge in [-0.05, 0) is 41.4 Å². The molecule has 1 aliphatic heterocycles. The Morgan fingerprint density at radius 3 is 2.93 bits per heavy atom. The number of pyridine rings is 1. The molecule has 1 saturated heterocycles. The van der Waals surface area contributed by atoms with E-state index in [1.807, 2.05) is 12.3 Å². The molecule has 2 heterocycles. The quantitative estimate of drug-likeness (QED) is 0.890. The van der Waals surface area contributed by atoms with Crippen LogP contribution >= 0.6 is 15.9 Å². The Morgan fingerprint density at radius 1 is 1.60 bits per heavy atom. The van der Waals surface area contributed by atoms with Crippen molar-refractivity contribution in [1.82, 2.24) is 9.88 Å². The number of rotatable bonds is 2. The topological polar surface area (TPSA) is 42.1 Å². The summed E-state index contributed by atoms with van der Waals surface area (Å²) >= 11 is 3.38. The molecule has 1 aromatic rings. The summed E-state index contributed by atoms with van der Waals surface area (Å²) in [6, 6.07) is 4.87. The van der Waals surface area contributed by atoms with Crippen LogP contribution in [0.3, 0.4) is 0 Å². The van der Waals surface area contributed by atoms with Crippen molar-refractivity contribution in [2.24, 2.45) is 5.73 Å². The summed E-state index contributed by atoms with van der Waals surface area (Å²) in [7, 11) is 0. The fraction of sp³-hybridized carbons (Fsp3) is 0.545. The molecule has 1 aromatic heterocycles. The molecule has 0 spiro atoms. The summed E-state index contributed by atoms with van der Waals surface area (Å²) < 4.78 is 1.03. The van der Waals surface area contributed by atoms with Gasteiger partial charge in [0.25, 0.3) is 0 Å². The molecule has 0 bridgehead atoms. The Bertz CT molecular complexity index is 325. The van der Waals surface area contributed by atoms with Gasteiger partial charge in [0, 0.05) is 35.8 Å². The second-order valence-corrected chi connectivity index (χ2v) is 5.05. The normalized spacial score (nSPS) is 27.1. The third kappa shape index (κ3) is 2.56. The molecule has 2 N–H and O–H groups in total. The number of hydrogen-bond donors (Lipinski definition) is 1. The van der Waals surface area contributed by atoms with Gasteiger partial charge in [0.15, 0.2) is 0 Å². The van der Waals surface area contributed by atoms with Crippen molar-refractivity contribution in [3.8, 4) is 0 Å². The van der Waals surface area contributed by atoms with Crippen LogP contribution < -0.4 is 5.73 Å². The number of likely N-dealkylation sites (tertiary alicyclic amines) is 1. The van der Waals surface area contributed by atoms with Gasteiger partial charge >= 0.3 is 0 Å². The van der Waals surface area contributed by atoms with Crippen molar-refractivity contribution in [3.63, 3.8) is 0 Å². The molecule has 4 heteroatoms. The smallest absolute Gasteiger partial charge is 0.0544 e. The van der Waals surface area contributed by atoms with E-state index >= 15 is 0 Å². The molecule has 0 saturated carbocycles. The van der Waals surface area contributed by atoms with Crippen molar-refractivity contribution < 1.29 is 0 Å². The lowest BCUT2D eigenvalue weighted by Crippen LogP contribution is -2.36. The van der Waals surface area contributed by atoms with Crippen LogP contribution in [-0.2, 0) is 6.54 Å². The van der Waals surface area contributed by atoms with Gasteiger partial charge in [-0.3, -0.25) is 9.88 Å². The Labute approximate surface area is 98.8 Å². The van der Waals surface area contributed by atoms with Gasteiger partial charge in [0.1, 0.15) is 0 Å². The lowest BCUT2D eigenvalue weighted by molar-refractivity contribution is 0.249. The lowest BCUT2D eigenvalue weighted by atomic mass is 10.2. The van der Waals surface area contributed by atoms with E-state index in [0.29, 0.717) is 12.1 Å². The molecule has 0 aliphatic carbocycles. The second-order valence-electron chi connectivity index (χ2n) is 4.13. The first-order valence-electron chi connectivity index (χ1n) is 5.27. The number of halogens is 1. The highest BCUT2D eigenvalue weighted by molar-refractivity contribution is 9.10. The Kier molecular flexibility index (Phi) is 3.38. The molecule has 1 fully saturated rings. The minimum atomic E-state index is 0.320. The van der Waals surface area contributed by atoms with Crippen LogP contribution in [0.4, 0.5) is 0 Å². The van der Waals surface area contributed by atoms with Crippen molar-refractivity contribution in [1.29, 1.82) is 0 Å². The zero-order valence-corrected chi connectivity index (χ0v) is 10.4. The molecular formula is C11H16BrN3. The van der Waals surface area contributed by atoms with Gasteiger partial charge in [-0.1, -0.05) is 0 Å². The predicted octanol–water partition coefficient (Wildman–Crippen LogP) is 1.77. The SMILES string of the molecule is CC1C(N)CCN1Cc1ccc(Br)cn1.